The number of hydrogen-bond acceptors (Lipinski definition) is 6. The van der Waals surface area contributed by atoms with Crippen LogP contribution in [0, 0.1) is 0 Å². The fraction of sp³-hybridized carbons (Fsp3) is 0.389. The Hall–Kier alpha value is -2.87. The predicted octanol–water partition coefficient (Wildman–Crippen LogP) is 1.69. The highest BCUT2D eigenvalue weighted by atomic mass is 16.5. The molecular formula is C18H23N7O. The van der Waals surface area contributed by atoms with Crippen molar-refractivity contribution in [3.63, 3.8) is 0 Å². The molecule has 8 heteroatoms. The Morgan fingerprint density at radius 3 is 2.81 bits per heavy atom. The number of aromatic amines is 1. The van der Waals surface area contributed by atoms with Crippen LogP contribution in [-0.2, 0) is 24.2 Å². The Labute approximate surface area is 152 Å². The minimum atomic E-state index is 0.645. The first-order valence-electron chi connectivity index (χ1n) is 8.92. The summed E-state index contributed by atoms with van der Waals surface area (Å²) in [5.41, 5.74) is 2.43. The maximum Gasteiger partial charge on any atom is 0.246 e. The molecule has 2 N–H and O–H groups in total. The number of hydrogen-bond donors (Lipinski definition) is 2. The van der Waals surface area contributed by atoms with E-state index in [0.29, 0.717) is 18.4 Å². The summed E-state index contributed by atoms with van der Waals surface area (Å²) in [5, 5.41) is 15.0. The Kier molecular flexibility index (Phi) is 5.11. The zero-order chi connectivity index (χ0) is 17.6. The van der Waals surface area contributed by atoms with Gasteiger partial charge in [-0.25, -0.2) is 5.10 Å². The lowest BCUT2D eigenvalue weighted by atomic mass is 10.1. The molecule has 1 aromatic carbocycles. The molecule has 4 rings (SSSR count). The van der Waals surface area contributed by atoms with E-state index in [0.717, 1.165) is 45.0 Å². The summed E-state index contributed by atoms with van der Waals surface area (Å²) >= 11 is 0. The summed E-state index contributed by atoms with van der Waals surface area (Å²) in [5.74, 6) is 1.38. The summed E-state index contributed by atoms with van der Waals surface area (Å²) in [4.78, 5) is 6.64. The van der Waals surface area contributed by atoms with Crippen LogP contribution in [-0.4, -0.2) is 51.3 Å². The third kappa shape index (κ3) is 4.02. The van der Waals surface area contributed by atoms with Gasteiger partial charge in [-0.05, 0) is 18.1 Å². The van der Waals surface area contributed by atoms with Crippen molar-refractivity contribution in [2.24, 2.45) is 0 Å². The van der Waals surface area contributed by atoms with Crippen LogP contribution >= 0.6 is 0 Å². The smallest absolute Gasteiger partial charge is 0.246 e. The van der Waals surface area contributed by atoms with E-state index in [-0.39, 0.29) is 0 Å². The van der Waals surface area contributed by atoms with Gasteiger partial charge in [-0.15, -0.1) is 5.10 Å². The van der Waals surface area contributed by atoms with Gasteiger partial charge in [0.25, 0.3) is 0 Å². The summed E-state index contributed by atoms with van der Waals surface area (Å²) in [7, 11) is 0. The van der Waals surface area contributed by atoms with Gasteiger partial charge in [0, 0.05) is 25.8 Å². The van der Waals surface area contributed by atoms with Crippen molar-refractivity contribution >= 4 is 11.9 Å². The first-order chi connectivity index (χ1) is 12.9. The molecule has 136 valence electrons. The van der Waals surface area contributed by atoms with E-state index in [1.165, 1.54) is 5.56 Å². The second-order valence-corrected chi connectivity index (χ2v) is 6.22. The number of anilines is 2. The van der Waals surface area contributed by atoms with Crippen molar-refractivity contribution in [1.29, 1.82) is 0 Å². The molecule has 1 aliphatic rings. The topological polar surface area (TPSA) is 83.9 Å². The van der Waals surface area contributed by atoms with E-state index >= 15 is 0 Å². The van der Waals surface area contributed by atoms with E-state index < -0.39 is 0 Å². The van der Waals surface area contributed by atoms with Crippen LogP contribution in [0.5, 0.6) is 0 Å². The first-order valence-corrected chi connectivity index (χ1v) is 8.92. The Bertz CT molecular complexity index is 808. The van der Waals surface area contributed by atoms with Gasteiger partial charge >= 0.3 is 0 Å². The molecule has 0 aliphatic carbocycles. The number of H-pyrrole nitrogens is 1. The van der Waals surface area contributed by atoms with Gasteiger partial charge in [-0.3, -0.25) is 4.68 Å². The number of aromatic nitrogens is 5. The lowest BCUT2D eigenvalue weighted by Gasteiger charge is -2.25. The maximum absolute atomic E-state index is 5.36. The van der Waals surface area contributed by atoms with Crippen LogP contribution in [0.25, 0.3) is 0 Å². The minimum Gasteiger partial charge on any atom is -0.378 e. The summed E-state index contributed by atoms with van der Waals surface area (Å²) in [6.07, 6.45) is 2.79. The SMILES string of the molecule is c1ccc(CCn2nccc2CNc2nc(N3CCOCC3)n[nH]2)cc1. The molecule has 0 bridgehead atoms. The highest BCUT2D eigenvalue weighted by Crippen LogP contribution is 2.12. The second-order valence-electron chi connectivity index (χ2n) is 6.22. The molecule has 0 spiro atoms. The summed E-state index contributed by atoms with van der Waals surface area (Å²) in [6.45, 7) is 4.58. The molecule has 0 amide bonds. The molecule has 3 heterocycles. The first kappa shape index (κ1) is 16.6. The lowest BCUT2D eigenvalue weighted by molar-refractivity contribution is 0.122. The Balaban J connectivity index is 1.32. The molecule has 0 atom stereocenters. The van der Waals surface area contributed by atoms with Crippen LogP contribution in [0.1, 0.15) is 11.3 Å². The van der Waals surface area contributed by atoms with Crippen molar-refractivity contribution in [2.45, 2.75) is 19.5 Å². The third-order valence-electron chi connectivity index (χ3n) is 4.46. The van der Waals surface area contributed by atoms with Crippen LogP contribution in [0.3, 0.4) is 0 Å². The third-order valence-corrected chi connectivity index (χ3v) is 4.46. The van der Waals surface area contributed by atoms with E-state index in [1.54, 1.807) is 0 Å². The number of nitrogens with zero attached hydrogens (tertiary/aromatic N) is 5. The van der Waals surface area contributed by atoms with Gasteiger partial charge < -0.3 is 15.0 Å². The molecule has 8 nitrogen and oxygen atoms in total. The van der Waals surface area contributed by atoms with E-state index in [1.807, 2.05) is 23.0 Å². The van der Waals surface area contributed by atoms with Gasteiger partial charge in [0.1, 0.15) is 0 Å². The van der Waals surface area contributed by atoms with Gasteiger partial charge in [0.2, 0.25) is 11.9 Å². The van der Waals surface area contributed by atoms with Crippen LogP contribution in [0.2, 0.25) is 0 Å². The van der Waals surface area contributed by atoms with Gasteiger partial charge in [0.15, 0.2) is 0 Å². The quantitative estimate of drug-likeness (QED) is 0.673. The molecule has 0 unspecified atom stereocenters. The number of benzene rings is 1. The molecule has 0 radical (unpaired) electrons. The van der Waals surface area contributed by atoms with Crippen LogP contribution in [0.4, 0.5) is 11.9 Å². The molecule has 0 saturated carbocycles. The molecular weight excluding hydrogens is 330 g/mol. The number of rotatable bonds is 7. The lowest BCUT2D eigenvalue weighted by Crippen LogP contribution is -2.36. The van der Waals surface area contributed by atoms with E-state index in [2.05, 4.69) is 54.8 Å². The average Bonchev–Trinajstić information content (AvgIpc) is 3.35. The molecule has 26 heavy (non-hydrogen) atoms. The molecule has 3 aromatic rings. The normalized spacial score (nSPS) is 14.5. The van der Waals surface area contributed by atoms with Crippen molar-refractivity contribution in [1.82, 2.24) is 25.0 Å². The van der Waals surface area contributed by atoms with Crippen molar-refractivity contribution in [3.05, 3.63) is 53.9 Å². The zero-order valence-electron chi connectivity index (χ0n) is 14.6. The second kappa shape index (κ2) is 8.01. The van der Waals surface area contributed by atoms with Gasteiger partial charge in [-0.1, -0.05) is 30.3 Å². The fourth-order valence-electron chi connectivity index (χ4n) is 3.00. The largest absolute Gasteiger partial charge is 0.378 e. The maximum atomic E-state index is 5.36. The standard InChI is InChI=1S/C18H23N7O/c1-2-4-15(5-3-1)7-9-25-16(6-8-20-25)14-19-17-21-18(23-22-17)24-10-12-26-13-11-24/h1-6,8H,7,9-14H2,(H2,19,21,22,23). The average molecular weight is 353 g/mol. The van der Waals surface area contributed by atoms with E-state index in [4.69, 9.17) is 4.74 Å². The van der Waals surface area contributed by atoms with Gasteiger partial charge in [0.05, 0.1) is 25.5 Å². The number of aryl methyl sites for hydroxylation is 2. The molecule has 1 aliphatic heterocycles. The van der Waals surface area contributed by atoms with Crippen molar-refractivity contribution in [3.8, 4) is 0 Å². The highest BCUT2D eigenvalue weighted by molar-refractivity contribution is 5.37. The Morgan fingerprint density at radius 2 is 1.96 bits per heavy atom. The van der Waals surface area contributed by atoms with Gasteiger partial charge in [-0.2, -0.15) is 10.1 Å². The van der Waals surface area contributed by atoms with E-state index in [9.17, 15) is 0 Å². The number of ether oxygens (including phenoxy) is 1. The van der Waals surface area contributed by atoms with Crippen molar-refractivity contribution in [2.75, 3.05) is 36.5 Å². The van der Waals surface area contributed by atoms with Crippen LogP contribution < -0.4 is 10.2 Å². The molecule has 1 fully saturated rings. The zero-order valence-corrected chi connectivity index (χ0v) is 14.6. The Morgan fingerprint density at radius 1 is 1.12 bits per heavy atom. The highest BCUT2D eigenvalue weighted by Gasteiger charge is 2.15. The minimum absolute atomic E-state index is 0.645. The number of nitrogens with one attached hydrogen (secondary N) is 2. The molecule has 2 aromatic heterocycles. The van der Waals surface area contributed by atoms with Crippen LogP contribution in [0.15, 0.2) is 42.6 Å². The monoisotopic (exact) mass is 353 g/mol. The van der Waals surface area contributed by atoms with Crippen molar-refractivity contribution < 1.29 is 4.74 Å². The number of morpholine rings is 1. The fourth-order valence-corrected chi connectivity index (χ4v) is 3.00. The summed E-state index contributed by atoms with van der Waals surface area (Å²) in [6, 6.07) is 12.5. The summed E-state index contributed by atoms with van der Waals surface area (Å²) < 4.78 is 7.39. The molecule has 1 saturated heterocycles. The predicted molar refractivity (Wildman–Crippen MR) is 99.1 cm³/mol.